The van der Waals surface area contributed by atoms with E-state index in [1.54, 1.807) is 18.2 Å². The van der Waals surface area contributed by atoms with E-state index in [0.29, 0.717) is 34.2 Å². The van der Waals surface area contributed by atoms with Gasteiger partial charge in [-0.25, -0.2) is 14.5 Å². The van der Waals surface area contributed by atoms with Crippen LogP contribution in [-0.4, -0.2) is 31.0 Å². The molecule has 4 aromatic rings. The largest absolute Gasteiger partial charge is 0.593 e. The van der Waals surface area contributed by atoms with Crippen LogP contribution in [0.2, 0.25) is 0 Å². The van der Waals surface area contributed by atoms with Crippen LogP contribution in [0.15, 0.2) is 41.2 Å². The molecule has 0 saturated heterocycles. The normalized spacial score (nSPS) is 13.8. The number of hydrogen-bond donors (Lipinski definition) is 3. The Morgan fingerprint density at radius 2 is 1.97 bits per heavy atom. The van der Waals surface area contributed by atoms with Crippen LogP contribution in [0.5, 0.6) is 0 Å². The Bertz CT molecular complexity index is 1510. The van der Waals surface area contributed by atoms with E-state index in [9.17, 15) is 13.7 Å². The van der Waals surface area contributed by atoms with Crippen LogP contribution >= 0.6 is 0 Å². The Labute approximate surface area is 185 Å². The van der Waals surface area contributed by atoms with E-state index < -0.39 is 11.4 Å². The van der Waals surface area contributed by atoms with E-state index >= 15 is 0 Å². The van der Waals surface area contributed by atoms with Gasteiger partial charge in [-0.2, -0.15) is 9.82 Å². The van der Waals surface area contributed by atoms with Crippen LogP contribution in [0.4, 0.5) is 10.3 Å². The van der Waals surface area contributed by atoms with Gasteiger partial charge in [0.2, 0.25) is 5.95 Å². The molecule has 0 bridgehead atoms. The maximum absolute atomic E-state index is 14.7. The molecule has 32 heavy (non-hydrogen) atoms. The van der Waals surface area contributed by atoms with Gasteiger partial charge in [0, 0.05) is 22.4 Å². The monoisotopic (exact) mass is 449 g/mol. The molecule has 0 amide bonds. The van der Waals surface area contributed by atoms with Crippen molar-refractivity contribution in [2.24, 2.45) is 0 Å². The van der Waals surface area contributed by atoms with Crippen molar-refractivity contribution in [1.82, 2.24) is 20.2 Å². The molecule has 0 aliphatic heterocycles. The van der Waals surface area contributed by atoms with Gasteiger partial charge >= 0.3 is 0 Å². The number of nitrogens with one attached hydrogen (secondary N) is 3. The molecule has 1 atom stereocenters. The third kappa shape index (κ3) is 3.92. The van der Waals surface area contributed by atoms with Gasteiger partial charge in [0.1, 0.15) is 12.1 Å². The van der Waals surface area contributed by atoms with E-state index in [0.717, 1.165) is 34.8 Å². The summed E-state index contributed by atoms with van der Waals surface area (Å²) >= 11 is -1.25. The summed E-state index contributed by atoms with van der Waals surface area (Å²) in [7, 11) is 0. The zero-order valence-corrected chi connectivity index (χ0v) is 18.1. The lowest BCUT2D eigenvalue weighted by molar-refractivity contribution is 0.605. The van der Waals surface area contributed by atoms with Crippen LogP contribution in [0, 0.1) is 5.82 Å². The lowest BCUT2D eigenvalue weighted by Gasteiger charge is -2.09. The number of hydrogen-bond acceptors (Lipinski definition) is 5. The van der Waals surface area contributed by atoms with Crippen LogP contribution in [0.25, 0.3) is 34.3 Å². The first-order valence-electron chi connectivity index (χ1n) is 10.1. The van der Waals surface area contributed by atoms with Crippen molar-refractivity contribution in [1.29, 1.82) is 0 Å². The summed E-state index contributed by atoms with van der Waals surface area (Å²) < 4.78 is 28.8. The zero-order valence-electron chi connectivity index (χ0n) is 17.2. The molecule has 162 valence electrons. The maximum Gasteiger partial charge on any atom is 0.271 e. The Hall–Kier alpha value is -3.43. The van der Waals surface area contributed by atoms with Crippen LogP contribution in [-0.2, 0) is 17.8 Å². The van der Waals surface area contributed by atoms with Crippen molar-refractivity contribution in [2.75, 3.05) is 11.0 Å². The highest BCUT2D eigenvalue weighted by atomic mass is 32.2. The topological polar surface area (TPSA) is 110 Å². The molecule has 2 heterocycles. The number of fused-ring (bicyclic) bond motifs is 2. The summed E-state index contributed by atoms with van der Waals surface area (Å²) in [5, 5.41) is 8.34. The van der Waals surface area contributed by atoms with E-state index in [-0.39, 0.29) is 11.4 Å². The lowest BCUT2D eigenvalue weighted by atomic mass is 9.98. The second-order valence-corrected chi connectivity index (χ2v) is 8.79. The Kier molecular flexibility index (Phi) is 5.28. The third-order valence-electron chi connectivity index (χ3n) is 5.44. The minimum absolute atomic E-state index is 0.187. The minimum atomic E-state index is -1.25. The summed E-state index contributed by atoms with van der Waals surface area (Å²) in [5.41, 5.74) is 3.99. The second-order valence-electron chi connectivity index (χ2n) is 7.68. The van der Waals surface area contributed by atoms with Crippen molar-refractivity contribution in [3.8, 4) is 11.1 Å². The third-order valence-corrected chi connectivity index (χ3v) is 5.92. The number of aromatic amines is 2. The molecular formula is C23H20FN5O2S. The zero-order chi connectivity index (χ0) is 22.2. The molecule has 9 heteroatoms. The smallest absolute Gasteiger partial charge is 0.271 e. The minimum Gasteiger partial charge on any atom is -0.593 e. The standard InChI is InChI=1S/C23H20FN5O2S/c1-32(31)29-23-25-19-9-7-14(12-21(19)26-23)17-10-13(6-8-18(17)24)11-20-15-4-2-3-5-16(15)22(30)28-27-20/h4-10,12H,2-3,11H2,1H3,(H,28,30)(H2,25,26,29). The van der Waals surface area contributed by atoms with E-state index in [4.69, 9.17) is 0 Å². The molecule has 5 rings (SSSR count). The van der Waals surface area contributed by atoms with Crippen LogP contribution < -0.4 is 20.7 Å². The quantitative estimate of drug-likeness (QED) is 0.404. The first-order chi connectivity index (χ1) is 15.5. The van der Waals surface area contributed by atoms with Gasteiger partial charge in [-0.1, -0.05) is 24.3 Å². The highest BCUT2D eigenvalue weighted by molar-refractivity contribution is 7.91. The number of benzene rings is 2. The highest BCUT2D eigenvalue weighted by Gasteiger charge is 2.13. The van der Waals surface area contributed by atoms with Crippen molar-refractivity contribution >= 4 is 40.5 Å². The van der Waals surface area contributed by atoms with Crippen molar-refractivity contribution in [3.63, 3.8) is 0 Å². The number of aromatic nitrogens is 4. The molecule has 1 aliphatic rings. The summed E-state index contributed by atoms with van der Waals surface area (Å²) in [6.07, 6.45) is 7.66. The Balaban J connectivity index is 1.52. The van der Waals surface area contributed by atoms with Crippen LogP contribution in [0.1, 0.15) is 24.1 Å². The molecular weight excluding hydrogens is 429 g/mol. The number of nitrogens with zero attached hydrogens (tertiary/aromatic N) is 2. The van der Waals surface area contributed by atoms with Gasteiger partial charge in [0.25, 0.3) is 5.56 Å². The van der Waals surface area contributed by atoms with E-state index in [1.165, 1.54) is 12.3 Å². The highest BCUT2D eigenvalue weighted by Crippen LogP contribution is 2.28. The predicted molar refractivity (Wildman–Crippen MR) is 124 cm³/mol. The Morgan fingerprint density at radius 1 is 1.16 bits per heavy atom. The fourth-order valence-corrected chi connectivity index (χ4v) is 4.36. The molecule has 7 nitrogen and oxygen atoms in total. The van der Waals surface area contributed by atoms with Crippen molar-refractivity contribution in [2.45, 2.75) is 19.3 Å². The molecule has 0 radical (unpaired) electrons. The molecule has 2 aromatic carbocycles. The molecule has 0 saturated carbocycles. The second kappa shape index (κ2) is 8.25. The summed E-state index contributed by atoms with van der Waals surface area (Å²) in [5.74, 6) is 0.0576. The average molecular weight is 450 g/mol. The summed E-state index contributed by atoms with van der Waals surface area (Å²) in [4.78, 5) is 19.5. The van der Waals surface area contributed by atoms with Gasteiger partial charge < -0.3 is 9.54 Å². The molecule has 3 N–H and O–H groups in total. The average Bonchev–Trinajstić information content (AvgIpc) is 3.18. The number of anilines is 1. The van der Waals surface area contributed by atoms with Crippen molar-refractivity contribution in [3.05, 3.63) is 74.3 Å². The molecule has 0 spiro atoms. The fraction of sp³-hybridized carbons (Fsp3) is 0.174. The van der Waals surface area contributed by atoms with Gasteiger partial charge in [0.05, 0.1) is 28.1 Å². The number of H-pyrrole nitrogens is 2. The van der Waals surface area contributed by atoms with Gasteiger partial charge in [-0.3, -0.25) is 4.79 Å². The predicted octanol–water partition coefficient (Wildman–Crippen LogP) is 2.10. The number of rotatable bonds is 5. The van der Waals surface area contributed by atoms with Gasteiger partial charge in [-0.05, 0) is 48.2 Å². The maximum atomic E-state index is 14.7. The van der Waals surface area contributed by atoms with Crippen LogP contribution in [0.3, 0.4) is 0 Å². The first-order valence-corrected chi connectivity index (χ1v) is 11.7. The van der Waals surface area contributed by atoms with Gasteiger partial charge in [0.15, 0.2) is 0 Å². The fourth-order valence-electron chi connectivity index (χ4n) is 3.99. The number of halogens is 1. The molecule has 1 unspecified atom stereocenters. The first kappa shape index (κ1) is 20.5. The molecule has 0 fully saturated rings. The Morgan fingerprint density at radius 3 is 2.78 bits per heavy atom. The number of imidazole rings is 1. The van der Waals surface area contributed by atoms with E-state index in [1.807, 2.05) is 24.3 Å². The lowest BCUT2D eigenvalue weighted by Crippen LogP contribution is -2.45. The summed E-state index contributed by atoms with van der Waals surface area (Å²) in [6.45, 7) is 0. The van der Waals surface area contributed by atoms with Crippen molar-refractivity contribution < 1.29 is 8.94 Å². The molecule has 1 aliphatic carbocycles. The SMILES string of the molecule is C[S+]([O-])Nc1nc2cc(-c3cc(Cc4n[nH]c(=O)c5c4=CCCC=5)ccc3F)ccc2[nH]1. The van der Waals surface area contributed by atoms with Gasteiger partial charge in [-0.15, -0.1) is 0 Å². The summed E-state index contributed by atoms with van der Waals surface area (Å²) in [6, 6.07) is 10.4. The van der Waals surface area contributed by atoms with E-state index in [2.05, 4.69) is 24.9 Å². The molecule has 2 aromatic heterocycles.